The van der Waals surface area contributed by atoms with Gasteiger partial charge in [0, 0.05) is 25.2 Å². The summed E-state index contributed by atoms with van der Waals surface area (Å²) >= 11 is 0. The highest BCUT2D eigenvalue weighted by Crippen LogP contribution is 2.64. The first-order valence-electron chi connectivity index (χ1n) is 9.08. The molecule has 7 atom stereocenters. The first kappa shape index (κ1) is 14.9. The van der Waals surface area contributed by atoms with Crippen molar-refractivity contribution in [3.8, 4) is 0 Å². The van der Waals surface area contributed by atoms with Crippen LogP contribution in [0.5, 0.6) is 0 Å². The van der Waals surface area contributed by atoms with E-state index in [1.165, 1.54) is 12.8 Å². The molecule has 0 radical (unpaired) electrons. The van der Waals surface area contributed by atoms with Crippen molar-refractivity contribution in [2.24, 2.45) is 34.5 Å². The lowest BCUT2D eigenvalue weighted by molar-refractivity contribution is -0.176. The molecule has 1 N–H and O–H groups in total. The molecule has 0 bridgehead atoms. The summed E-state index contributed by atoms with van der Waals surface area (Å²) in [6, 6.07) is 0. The molecule has 0 saturated heterocycles. The average Bonchev–Trinajstić information content (AvgIpc) is 2.81. The second-order valence-electron chi connectivity index (χ2n) is 9.10. The number of hydrogen-bond donors (Lipinski definition) is 1. The van der Waals surface area contributed by atoms with E-state index >= 15 is 0 Å². The predicted molar refractivity (Wildman–Crippen MR) is 83.1 cm³/mol. The van der Waals surface area contributed by atoms with E-state index in [0.29, 0.717) is 36.7 Å². The Morgan fingerprint density at radius 1 is 1.18 bits per heavy atom. The number of carbonyl (C=O) groups is 2. The molecule has 0 aromatic heterocycles. The van der Waals surface area contributed by atoms with Gasteiger partial charge >= 0.3 is 0 Å². The molecule has 0 spiro atoms. The van der Waals surface area contributed by atoms with Crippen molar-refractivity contribution in [2.75, 3.05) is 0 Å². The van der Waals surface area contributed by atoms with Gasteiger partial charge in [-0.25, -0.2) is 0 Å². The van der Waals surface area contributed by atoms with Gasteiger partial charge in [0.2, 0.25) is 0 Å². The Bertz CT molecular complexity index is 527. The average molecular weight is 304 g/mol. The molecule has 4 aliphatic carbocycles. The van der Waals surface area contributed by atoms with Crippen LogP contribution in [0.25, 0.3) is 0 Å². The lowest BCUT2D eigenvalue weighted by atomic mass is 9.44. The van der Waals surface area contributed by atoms with Gasteiger partial charge in [0.05, 0.1) is 6.10 Å². The fourth-order valence-electron chi connectivity index (χ4n) is 6.82. The van der Waals surface area contributed by atoms with Crippen LogP contribution in [-0.4, -0.2) is 22.8 Å². The molecule has 4 saturated carbocycles. The van der Waals surface area contributed by atoms with Gasteiger partial charge in [-0.05, 0) is 54.3 Å². The number of aliphatic hydroxyl groups excluding tert-OH is 1. The van der Waals surface area contributed by atoms with Gasteiger partial charge in [0.15, 0.2) is 0 Å². The van der Waals surface area contributed by atoms with Crippen molar-refractivity contribution in [3.05, 3.63) is 0 Å². The molecule has 0 unspecified atom stereocenters. The minimum absolute atomic E-state index is 0.00877. The molecule has 4 aliphatic rings. The first-order valence-corrected chi connectivity index (χ1v) is 9.08. The number of aliphatic hydroxyl groups is 1. The van der Waals surface area contributed by atoms with Gasteiger partial charge < -0.3 is 5.11 Å². The molecule has 22 heavy (non-hydrogen) atoms. The number of rotatable bonds is 0. The maximum Gasteiger partial charge on any atom is 0.137 e. The van der Waals surface area contributed by atoms with Gasteiger partial charge in [0.25, 0.3) is 0 Å². The van der Waals surface area contributed by atoms with E-state index in [0.717, 1.165) is 19.3 Å². The van der Waals surface area contributed by atoms with Gasteiger partial charge in [-0.3, -0.25) is 9.59 Å². The number of fused-ring (bicyclic) bond motifs is 5. The first-order chi connectivity index (χ1) is 10.3. The number of ketones is 2. The van der Waals surface area contributed by atoms with Crippen LogP contribution in [0.15, 0.2) is 0 Å². The molecule has 0 aliphatic heterocycles. The van der Waals surface area contributed by atoms with Crippen LogP contribution in [0.4, 0.5) is 0 Å². The van der Waals surface area contributed by atoms with Crippen molar-refractivity contribution < 1.29 is 14.7 Å². The van der Waals surface area contributed by atoms with Crippen LogP contribution in [0.1, 0.15) is 65.2 Å². The van der Waals surface area contributed by atoms with Gasteiger partial charge in [0.1, 0.15) is 11.6 Å². The second-order valence-corrected chi connectivity index (χ2v) is 9.10. The molecular weight excluding hydrogens is 276 g/mol. The van der Waals surface area contributed by atoms with Crippen LogP contribution >= 0.6 is 0 Å². The SMILES string of the molecule is C[C@]12CCC[C@@H]1[C@@H]1[C@H](O)C[C@H]3CC(=O)CC[C@]3(C)[C@@H]1C(=O)C2. The van der Waals surface area contributed by atoms with Crippen molar-refractivity contribution in [2.45, 2.75) is 71.3 Å². The smallest absolute Gasteiger partial charge is 0.137 e. The molecule has 0 heterocycles. The maximum atomic E-state index is 13.1. The van der Waals surface area contributed by atoms with Crippen LogP contribution in [-0.2, 0) is 9.59 Å². The summed E-state index contributed by atoms with van der Waals surface area (Å²) in [5, 5.41) is 10.9. The standard InChI is InChI=1S/C19H28O3/c1-18-6-3-4-13(18)16-14(21)9-11-8-12(20)5-7-19(11,2)17(16)15(22)10-18/h11,13-14,16-17,21H,3-10H2,1-2H3/t11-,13-,14-,16-,17-,18-,19+/m1/s1. The highest BCUT2D eigenvalue weighted by atomic mass is 16.3. The normalized spacial score (nSPS) is 54.6. The molecule has 0 aromatic rings. The van der Waals surface area contributed by atoms with Crippen molar-refractivity contribution in [1.29, 1.82) is 0 Å². The topological polar surface area (TPSA) is 54.4 Å². The zero-order valence-electron chi connectivity index (χ0n) is 13.8. The van der Waals surface area contributed by atoms with Crippen LogP contribution in [0, 0.1) is 34.5 Å². The maximum absolute atomic E-state index is 13.1. The largest absolute Gasteiger partial charge is 0.393 e. The third-order valence-electron chi connectivity index (χ3n) is 7.96. The Morgan fingerprint density at radius 3 is 2.73 bits per heavy atom. The van der Waals surface area contributed by atoms with E-state index in [1.54, 1.807) is 0 Å². The third kappa shape index (κ3) is 1.84. The molecule has 0 aromatic carbocycles. The van der Waals surface area contributed by atoms with E-state index in [2.05, 4.69) is 13.8 Å². The third-order valence-corrected chi connectivity index (χ3v) is 7.96. The summed E-state index contributed by atoms with van der Waals surface area (Å²) in [6.07, 6.45) is 6.58. The number of carbonyl (C=O) groups excluding carboxylic acids is 2. The molecule has 4 rings (SSSR count). The van der Waals surface area contributed by atoms with E-state index in [4.69, 9.17) is 0 Å². The van der Waals surface area contributed by atoms with Crippen LogP contribution in [0.3, 0.4) is 0 Å². The summed E-state index contributed by atoms with van der Waals surface area (Å²) in [7, 11) is 0. The Kier molecular flexibility index (Phi) is 3.15. The molecule has 3 heteroatoms. The van der Waals surface area contributed by atoms with Crippen molar-refractivity contribution >= 4 is 11.6 Å². The molecule has 122 valence electrons. The minimum Gasteiger partial charge on any atom is -0.393 e. The lowest BCUT2D eigenvalue weighted by Gasteiger charge is -2.60. The Balaban J connectivity index is 1.75. The van der Waals surface area contributed by atoms with E-state index in [1.807, 2.05) is 0 Å². The van der Waals surface area contributed by atoms with Crippen molar-refractivity contribution in [1.82, 2.24) is 0 Å². The van der Waals surface area contributed by atoms with Crippen LogP contribution in [0.2, 0.25) is 0 Å². The van der Waals surface area contributed by atoms with Gasteiger partial charge in [-0.2, -0.15) is 0 Å². The second kappa shape index (κ2) is 4.66. The zero-order valence-corrected chi connectivity index (χ0v) is 13.8. The fourth-order valence-corrected chi connectivity index (χ4v) is 6.82. The molecule has 0 amide bonds. The summed E-state index contributed by atoms with van der Waals surface area (Å²) in [5.41, 5.74) is 0.0612. The van der Waals surface area contributed by atoms with Crippen molar-refractivity contribution in [3.63, 3.8) is 0 Å². The van der Waals surface area contributed by atoms with E-state index < -0.39 is 0 Å². The Morgan fingerprint density at radius 2 is 1.95 bits per heavy atom. The van der Waals surface area contributed by atoms with Gasteiger partial charge in [-0.1, -0.05) is 20.3 Å². The van der Waals surface area contributed by atoms with E-state index in [9.17, 15) is 14.7 Å². The summed E-state index contributed by atoms with van der Waals surface area (Å²) in [6.45, 7) is 4.51. The number of hydrogen-bond acceptors (Lipinski definition) is 3. The number of Topliss-reactive ketones (excluding diaryl/α,β-unsaturated/α-hetero) is 2. The van der Waals surface area contributed by atoms with Crippen LogP contribution < -0.4 is 0 Å². The zero-order chi connectivity index (χ0) is 15.7. The highest BCUT2D eigenvalue weighted by Gasteiger charge is 2.63. The molecular formula is C19H28O3. The summed E-state index contributed by atoms with van der Waals surface area (Å²) < 4.78 is 0. The lowest BCUT2D eigenvalue weighted by Crippen LogP contribution is -2.60. The van der Waals surface area contributed by atoms with E-state index in [-0.39, 0.29) is 34.7 Å². The molecule has 3 nitrogen and oxygen atoms in total. The predicted octanol–water partition coefficient (Wildman–Crippen LogP) is 3.14. The summed E-state index contributed by atoms with van der Waals surface area (Å²) in [4.78, 5) is 24.9. The summed E-state index contributed by atoms with van der Waals surface area (Å²) in [5.74, 6) is 1.54. The Hall–Kier alpha value is -0.700. The minimum atomic E-state index is -0.388. The van der Waals surface area contributed by atoms with Gasteiger partial charge in [-0.15, -0.1) is 0 Å². The highest BCUT2D eigenvalue weighted by molar-refractivity contribution is 5.85. The quantitative estimate of drug-likeness (QED) is 0.748. The fraction of sp³-hybridized carbons (Fsp3) is 0.895. The molecule has 4 fully saturated rings. The monoisotopic (exact) mass is 304 g/mol. The Labute approximate surface area is 132 Å².